The van der Waals surface area contributed by atoms with E-state index in [1.807, 2.05) is 0 Å². The van der Waals surface area contributed by atoms with E-state index in [2.05, 4.69) is 20.5 Å². The highest BCUT2D eigenvalue weighted by molar-refractivity contribution is 7.13. The molecule has 0 aliphatic heterocycles. The Hall–Kier alpha value is -1.53. The zero-order valence-corrected chi connectivity index (χ0v) is 8.92. The van der Waals surface area contributed by atoms with Gasteiger partial charge in [0.05, 0.1) is 5.56 Å². The summed E-state index contributed by atoms with van der Waals surface area (Å²) in [6.45, 7) is 0. The van der Waals surface area contributed by atoms with Gasteiger partial charge in [0.25, 0.3) is 5.91 Å². The van der Waals surface area contributed by atoms with E-state index >= 15 is 0 Å². The summed E-state index contributed by atoms with van der Waals surface area (Å²) in [5, 5.41) is 10.7. The fraction of sp³-hybridized carbons (Fsp3) is 0. The minimum absolute atomic E-state index is 0.282. The van der Waals surface area contributed by atoms with E-state index in [4.69, 9.17) is 11.6 Å². The number of carbonyl (C=O) groups excluding carboxylic acids is 1. The molecular formula is C8H5ClN4OS. The minimum atomic E-state index is -0.282. The molecule has 0 atom stereocenters. The summed E-state index contributed by atoms with van der Waals surface area (Å²) in [4.78, 5) is 15.4. The van der Waals surface area contributed by atoms with Crippen LogP contribution in [0.4, 0.5) is 5.13 Å². The molecule has 0 saturated carbocycles. The van der Waals surface area contributed by atoms with Gasteiger partial charge in [-0.1, -0.05) is 22.9 Å². The van der Waals surface area contributed by atoms with Gasteiger partial charge in [0.2, 0.25) is 5.13 Å². The van der Waals surface area contributed by atoms with Crippen LogP contribution in [0.5, 0.6) is 0 Å². The molecule has 0 radical (unpaired) electrons. The van der Waals surface area contributed by atoms with Gasteiger partial charge in [-0.2, -0.15) is 0 Å². The van der Waals surface area contributed by atoms with Gasteiger partial charge in [-0.15, -0.1) is 10.2 Å². The first-order chi connectivity index (χ1) is 7.25. The molecule has 0 aliphatic carbocycles. The van der Waals surface area contributed by atoms with E-state index in [0.29, 0.717) is 15.8 Å². The van der Waals surface area contributed by atoms with Gasteiger partial charge in [-0.05, 0) is 12.1 Å². The quantitative estimate of drug-likeness (QED) is 0.814. The zero-order chi connectivity index (χ0) is 10.7. The summed E-state index contributed by atoms with van der Waals surface area (Å²) in [5.41, 5.74) is 1.96. The fourth-order valence-corrected chi connectivity index (χ4v) is 1.46. The van der Waals surface area contributed by atoms with E-state index < -0.39 is 0 Å². The minimum Gasteiger partial charge on any atom is -0.296 e. The number of hydrogen-bond donors (Lipinski definition) is 1. The Morgan fingerprint density at radius 1 is 1.47 bits per heavy atom. The van der Waals surface area contributed by atoms with Crippen LogP contribution in [0.15, 0.2) is 23.8 Å². The summed E-state index contributed by atoms with van der Waals surface area (Å²) < 4.78 is 0. The van der Waals surface area contributed by atoms with E-state index in [0.717, 1.165) is 0 Å². The molecule has 0 saturated heterocycles. The number of rotatable bonds is 2. The molecule has 0 fully saturated rings. The summed E-state index contributed by atoms with van der Waals surface area (Å²) in [6.07, 6.45) is 1.40. The van der Waals surface area contributed by atoms with Gasteiger partial charge in [0.1, 0.15) is 10.7 Å². The highest BCUT2D eigenvalue weighted by Gasteiger charge is 2.07. The molecular weight excluding hydrogens is 236 g/mol. The average molecular weight is 241 g/mol. The molecule has 1 amide bonds. The molecule has 2 aromatic rings. The number of halogens is 1. The van der Waals surface area contributed by atoms with Crippen molar-refractivity contribution in [2.75, 3.05) is 5.32 Å². The first kappa shape index (κ1) is 10.0. The Bertz CT molecular complexity index is 456. The first-order valence-corrected chi connectivity index (χ1v) is 5.20. The van der Waals surface area contributed by atoms with Gasteiger partial charge < -0.3 is 0 Å². The second-order valence-electron chi connectivity index (χ2n) is 2.57. The number of anilines is 1. The van der Waals surface area contributed by atoms with E-state index in [1.165, 1.54) is 23.0 Å². The molecule has 0 aliphatic rings. The van der Waals surface area contributed by atoms with Crippen molar-refractivity contribution in [3.63, 3.8) is 0 Å². The van der Waals surface area contributed by atoms with Crippen LogP contribution in [0.3, 0.4) is 0 Å². The maximum Gasteiger partial charge on any atom is 0.259 e. The van der Waals surface area contributed by atoms with Gasteiger partial charge in [-0.25, -0.2) is 4.98 Å². The number of nitrogens with zero attached hydrogens (tertiary/aromatic N) is 3. The Kier molecular flexibility index (Phi) is 2.89. The molecule has 1 N–H and O–H groups in total. The standard InChI is InChI=1S/C8H5ClN4OS/c9-6-2-1-5(3-10-6)7(14)12-8-13-11-4-15-8/h1-4H,(H,12,13,14). The zero-order valence-electron chi connectivity index (χ0n) is 7.35. The predicted molar refractivity (Wildman–Crippen MR) is 57.1 cm³/mol. The molecule has 5 nitrogen and oxygen atoms in total. The maximum absolute atomic E-state index is 11.6. The highest BCUT2D eigenvalue weighted by atomic mass is 35.5. The first-order valence-electron chi connectivity index (χ1n) is 3.95. The average Bonchev–Trinajstić information content (AvgIpc) is 2.71. The second kappa shape index (κ2) is 4.33. The fourth-order valence-electron chi connectivity index (χ4n) is 0.907. The Morgan fingerprint density at radius 3 is 2.93 bits per heavy atom. The number of hydrogen-bond acceptors (Lipinski definition) is 5. The lowest BCUT2D eigenvalue weighted by Crippen LogP contribution is -2.11. The lowest BCUT2D eigenvalue weighted by atomic mass is 10.3. The van der Waals surface area contributed by atoms with E-state index in [1.54, 1.807) is 12.1 Å². The molecule has 0 bridgehead atoms. The molecule has 76 valence electrons. The number of aromatic nitrogens is 3. The van der Waals surface area contributed by atoms with Crippen LogP contribution in [0.25, 0.3) is 0 Å². The van der Waals surface area contributed by atoms with E-state index in [-0.39, 0.29) is 5.91 Å². The van der Waals surface area contributed by atoms with Crippen molar-refractivity contribution in [1.82, 2.24) is 15.2 Å². The van der Waals surface area contributed by atoms with Crippen LogP contribution in [-0.2, 0) is 0 Å². The van der Waals surface area contributed by atoms with Crippen LogP contribution in [-0.4, -0.2) is 21.1 Å². The smallest absolute Gasteiger partial charge is 0.259 e. The van der Waals surface area contributed by atoms with Gasteiger partial charge in [0.15, 0.2) is 0 Å². The summed E-state index contributed by atoms with van der Waals surface area (Å²) in [6, 6.07) is 3.14. The second-order valence-corrected chi connectivity index (χ2v) is 3.79. The lowest BCUT2D eigenvalue weighted by molar-refractivity contribution is 0.102. The SMILES string of the molecule is O=C(Nc1nncs1)c1ccc(Cl)nc1. The summed E-state index contributed by atoms with van der Waals surface area (Å²) >= 11 is 6.84. The van der Waals surface area contributed by atoms with Crippen molar-refractivity contribution in [3.8, 4) is 0 Å². The van der Waals surface area contributed by atoms with Crippen molar-refractivity contribution < 1.29 is 4.79 Å². The molecule has 0 aromatic carbocycles. The van der Waals surface area contributed by atoms with Crippen molar-refractivity contribution in [2.45, 2.75) is 0 Å². The van der Waals surface area contributed by atoms with Gasteiger partial charge in [-0.3, -0.25) is 10.1 Å². The number of nitrogens with one attached hydrogen (secondary N) is 1. The van der Waals surface area contributed by atoms with E-state index in [9.17, 15) is 4.79 Å². The monoisotopic (exact) mass is 240 g/mol. The van der Waals surface area contributed by atoms with Crippen LogP contribution in [0.1, 0.15) is 10.4 Å². The summed E-state index contributed by atoms with van der Waals surface area (Å²) in [5.74, 6) is -0.282. The van der Waals surface area contributed by atoms with Crippen LogP contribution >= 0.6 is 22.9 Å². The molecule has 2 heterocycles. The maximum atomic E-state index is 11.6. The molecule has 7 heteroatoms. The largest absolute Gasteiger partial charge is 0.296 e. The van der Waals surface area contributed by atoms with Crippen LogP contribution in [0.2, 0.25) is 5.15 Å². The third-order valence-corrected chi connectivity index (χ3v) is 2.40. The van der Waals surface area contributed by atoms with Crippen molar-refractivity contribution in [2.24, 2.45) is 0 Å². The highest BCUT2D eigenvalue weighted by Crippen LogP contribution is 2.11. The third kappa shape index (κ3) is 2.48. The van der Waals surface area contributed by atoms with Gasteiger partial charge >= 0.3 is 0 Å². The molecule has 0 spiro atoms. The van der Waals surface area contributed by atoms with Crippen LogP contribution in [0, 0.1) is 0 Å². The summed E-state index contributed by atoms with van der Waals surface area (Å²) in [7, 11) is 0. The molecule has 0 unspecified atom stereocenters. The lowest BCUT2D eigenvalue weighted by Gasteiger charge is -1.99. The van der Waals surface area contributed by atoms with Crippen molar-refractivity contribution in [1.29, 1.82) is 0 Å². The number of amides is 1. The number of pyridine rings is 1. The molecule has 2 aromatic heterocycles. The third-order valence-electron chi connectivity index (χ3n) is 1.57. The Morgan fingerprint density at radius 2 is 2.33 bits per heavy atom. The van der Waals surface area contributed by atoms with Crippen molar-refractivity contribution in [3.05, 3.63) is 34.6 Å². The number of carbonyl (C=O) groups is 1. The normalized spacial score (nSPS) is 9.93. The molecule has 2 rings (SSSR count). The topological polar surface area (TPSA) is 67.8 Å². The van der Waals surface area contributed by atoms with Crippen molar-refractivity contribution >= 4 is 34.0 Å². The van der Waals surface area contributed by atoms with Crippen LogP contribution < -0.4 is 5.32 Å². The van der Waals surface area contributed by atoms with Gasteiger partial charge in [0, 0.05) is 6.20 Å². The molecule has 15 heavy (non-hydrogen) atoms. The predicted octanol–water partition coefficient (Wildman–Crippen LogP) is 1.84. The Labute approximate surface area is 94.1 Å². The Balaban J connectivity index is 2.11.